The van der Waals surface area contributed by atoms with Gasteiger partial charge in [0.05, 0.1) is 10.9 Å². The molecule has 1 aliphatic rings. The number of para-hydroxylation sites is 1. The molecule has 0 saturated heterocycles. The molecule has 0 amide bonds. The molecule has 0 saturated carbocycles. The largest absolute Gasteiger partial charge is 0.455 e. The first-order chi connectivity index (χ1) is 9.28. The lowest BCUT2D eigenvalue weighted by Gasteiger charge is -2.12. The van der Waals surface area contributed by atoms with Gasteiger partial charge in [0.2, 0.25) is 0 Å². The van der Waals surface area contributed by atoms with Crippen LogP contribution in [-0.4, -0.2) is 0 Å². The Hall–Kier alpha value is -1.18. The molecule has 0 N–H and O–H groups in total. The fourth-order valence-electron chi connectivity index (χ4n) is 2.50. The number of ether oxygens (including phenoxy) is 1. The highest BCUT2D eigenvalue weighted by atomic mass is 35.5. The van der Waals surface area contributed by atoms with Crippen LogP contribution in [0.4, 0.5) is 0 Å². The standard InChI is InChI=1S/C16H14Cl2O/c17-10-13-5-2-6-15(18)16(13)19-14-8-7-11-3-1-4-12(11)9-14/h2,5-9H,1,3-4,10H2. The van der Waals surface area contributed by atoms with E-state index in [2.05, 4.69) is 12.1 Å². The van der Waals surface area contributed by atoms with Crippen LogP contribution < -0.4 is 4.74 Å². The zero-order valence-electron chi connectivity index (χ0n) is 10.5. The lowest BCUT2D eigenvalue weighted by atomic mass is 10.1. The number of hydrogen-bond donors (Lipinski definition) is 0. The van der Waals surface area contributed by atoms with E-state index in [4.69, 9.17) is 27.9 Å². The highest BCUT2D eigenvalue weighted by Gasteiger charge is 2.13. The molecule has 0 aliphatic heterocycles. The van der Waals surface area contributed by atoms with E-state index in [1.165, 1.54) is 24.0 Å². The van der Waals surface area contributed by atoms with E-state index in [0.717, 1.165) is 17.7 Å². The first kappa shape index (κ1) is 12.8. The van der Waals surface area contributed by atoms with Crippen molar-refractivity contribution in [3.05, 3.63) is 58.1 Å². The molecule has 1 nitrogen and oxygen atoms in total. The van der Waals surface area contributed by atoms with Crippen molar-refractivity contribution in [2.45, 2.75) is 25.1 Å². The Labute approximate surface area is 123 Å². The summed E-state index contributed by atoms with van der Waals surface area (Å²) in [5.41, 5.74) is 3.73. The van der Waals surface area contributed by atoms with E-state index in [-0.39, 0.29) is 0 Å². The minimum atomic E-state index is 0.390. The second-order valence-corrected chi connectivity index (χ2v) is 5.42. The molecule has 0 fully saturated rings. The van der Waals surface area contributed by atoms with E-state index in [0.29, 0.717) is 16.7 Å². The van der Waals surface area contributed by atoms with Gasteiger partial charge in [0, 0.05) is 5.56 Å². The molecule has 1 aliphatic carbocycles. The predicted octanol–water partition coefficient (Wildman–Crippen LogP) is 5.36. The summed E-state index contributed by atoms with van der Waals surface area (Å²) in [5.74, 6) is 1.89. The molecule has 2 aromatic carbocycles. The maximum Gasteiger partial charge on any atom is 0.150 e. The van der Waals surface area contributed by atoms with Crippen LogP contribution in [0.5, 0.6) is 11.5 Å². The third kappa shape index (κ3) is 2.58. The van der Waals surface area contributed by atoms with Crippen LogP contribution in [0, 0.1) is 0 Å². The Morgan fingerprint density at radius 1 is 1.05 bits per heavy atom. The van der Waals surface area contributed by atoms with Gasteiger partial charge in [-0.3, -0.25) is 0 Å². The van der Waals surface area contributed by atoms with Crippen molar-refractivity contribution < 1.29 is 4.74 Å². The third-order valence-corrected chi connectivity index (χ3v) is 4.07. The summed E-state index contributed by atoms with van der Waals surface area (Å²) in [6.07, 6.45) is 3.55. The van der Waals surface area contributed by atoms with Crippen molar-refractivity contribution in [3.63, 3.8) is 0 Å². The minimum Gasteiger partial charge on any atom is -0.455 e. The van der Waals surface area contributed by atoms with Crippen LogP contribution in [0.25, 0.3) is 0 Å². The fourth-order valence-corrected chi connectivity index (χ4v) is 2.95. The molecule has 0 heterocycles. The van der Waals surface area contributed by atoms with Crippen molar-refractivity contribution >= 4 is 23.2 Å². The van der Waals surface area contributed by atoms with Gasteiger partial charge in [-0.05, 0) is 48.6 Å². The highest BCUT2D eigenvalue weighted by molar-refractivity contribution is 6.32. The van der Waals surface area contributed by atoms with Crippen LogP contribution in [-0.2, 0) is 18.7 Å². The van der Waals surface area contributed by atoms with Crippen molar-refractivity contribution in [2.75, 3.05) is 0 Å². The van der Waals surface area contributed by atoms with Crippen LogP contribution >= 0.6 is 23.2 Å². The number of rotatable bonds is 3. The number of hydrogen-bond acceptors (Lipinski definition) is 1. The van der Waals surface area contributed by atoms with Crippen molar-refractivity contribution in [3.8, 4) is 11.5 Å². The summed E-state index contributed by atoms with van der Waals surface area (Å²) in [5, 5.41) is 0.596. The van der Waals surface area contributed by atoms with Crippen LogP contribution in [0.3, 0.4) is 0 Å². The SMILES string of the molecule is ClCc1cccc(Cl)c1Oc1ccc2c(c1)CCC2. The summed E-state index contributed by atoms with van der Waals surface area (Å²) in [4.78, 5) is 0. The Balaban J connectivity index is 1.93. The normalized spacial score (nSPS) is 13.4. The monoisotopic (exact) mass is 292 g/mol. The quantitative estimate of drug-likeness (QED) is 0.692. The molecule has 0 aromatic heterocycles. The molecule has 0 bridgehead atoms. The Morgan fingerprint density at radius 3 is 2.74 bits per heavy atom. The van der Waals surface area contributed by atoms with Crippen LogP contribution in [0.1, 0.15) is 23.1 Å². The van der Waals surface area contributed by atoms with Crippen molar-refractivity contribution in [2.24, 2.45) is 0 Å². The summed E-state index contributed by atoms with van der Waals surface area (Å²) in [6, 6.07) is 11.9. The van der Waals surface area contributed by atoms with E-state index in [9.17, 15) is 0 Å². The van der Waals surface area contributed by atoms with Gasteiger partial charge in [-0.25, -0.2) is 0 Å². The van der Waals surface area contributed by atoms with E-state index in [1.54, 1.807) is 0 Å². The van der Waals surface area contributed by atoms with Gasteiger partial charge in [0.1, 0.15) is 11.5 Å². The molecule has 0 unspecified atom stereocenters. The third-order valence-electron chi connectivity index (χ3n) is 3.48. The molecule has 0 atom stereocenters. The zero-order chi connectivity index (χ0) is 13.2. The highest BCUT2D eigenvalue weighted by Crippen LogP contribution is 2.35. The lowest BCUT2D eigenvalue weighted by Crippen LogP contribution is -1.92. The Morgan fingerprint density at radius 2 is 1.89 bits per heavy atom. The lowest BCUT2D eigenvalue weighted by molar-refractivity contribution is 0.478. The molecule has 3 heteroatoms. The van der Waals surface area contributed by atoms with Gasteiger partial charge < -0.3 is 4.74 Å². The van der Waals surface area contributed by atoms with Gasteiger partial charge in [-0.1, -0.05) is 29.8 Å². The smallest absolute Gasteiger partial charge is 0.150 e. The van der Waals surface area contributed by atoms with Crippen LogP contribution in [0.2, 0.25) is 5.02 Å². The molecule has 0 spiro atoms. The second-order valence-electron chi connectivity index (χ2n) is 4.75. The fraction of sp³-hybridized carbons (Fsp3) is 0.250. The predicted molar refractivity (Wildman–Crippen MR) is 79.6 cm³/mol. The second kappa shape index (κ2) is 5.44. The van der Waals surface area contributed by atoms with E-state index in [1.807, 2.05) is 24.3 Å². The summed E-state index contributed by atoms with van der Waals surface area (Å²) in [6.45, 7) is 0. The number of aryl methyl sites for hydroxylation is 2. The van der Waals surface area contributed by atoms with Crippen molar-refractivity contribution in [1.29, 1.82) is 0 Å². The number of fused-ring (bicyclic) bond motifs is 1. The molecule has 98 valence electrons. The Bertz CT molecular complexity index is 608. The van der Waals surface area contributed by atoms with E-state index >= 15 is 0 Å². The number of alkyl halides is 1. The topological polar surface area (TPSA) is 9.23 Å². The molecular formula is C16H14Cl2O. The van der Waals surface area contributed by atoms with Gasteiger partial charge >= 0.3 is 0 Å². The number of benzene rings is 2. The summed E-state index contributed by atoms with van der Waals surface area (Å²) < 4.78 is 5.94. The summed E-state index contributed by atoms with van der Waals surface area (Å²) >= 11 is 12.1. The average molecular weight is 293 g/mol. The van der Waals surface area contributed by atoms with Crippen molar-refractivity contribution in [1.82, 2.24) is 0 Å². The Kier molecular flexibility index (Phi) is 3.67. The van der Waals surface area contributed by atoms with Crippen LogP contribution in [0.15, 0.2) is 36.4 Å². The minimum absolute atomic E-state index is 0.390. The molecule has 0 radical (unpaired) electrons. The number of halogens is 2. The molecule has 2 aromatic rings. The molecular weight excluding hydrogens is 279 g/mol. The summed E-state index contributed by atoms with van der Waals surface area (Å²) in [7, 11) is 0. The molecule has 19 heavy (non-hydrogen) atoms. The maximum atomic E-state index is 6.19. The molecule has 3 rings (SSSR count). The first-order valence-corrected chi connectivity index (χ1v) is 7.32. The zero-order valence-corrected chi connectivity index (χ0v) is 12.0. The van der Waals surface area contributed by atoms with Gasteiger partial charge in [-0.15, -0.1) is 11.6 Å². The first-order valence-electron chi connectivity index (χ1n) is 6.41. The average Bonchev–Trinajstić information content (AvgIpc) is 2.88. The maximum absolute atomic E-state index is 6.19. The van der Waals surface area contributed by atoms with Gasteiger partial charge in [-0.2, -0.15) is 0 Å². The van der Waals surface area contributed by atoms with Gasteiger partial charge in [0.15, 0.2) is 0 Å². The van der Waals surface area contributed by atoms with E-state index < -0.39 is 0 Å². The van der Waals surface area contributed by atoms with Gasteiger partial charge in [0.25, 0.3) is 0 Å².